The smallest absolute Gasteiger partial charge is 0.0991 e. The molecule has 1 aromatic carbocycles. The summed E-state index contributed by atoms with van der Waals surface area (Å²) in [6.07, 6.45) is 1.34. The molecular formula is C15H20N2. The van der Waals surface area contributed by atoms with Crippen molar-refractivity contribution in [3.63, 3.8) is 0 Å². The minimum atomic E-state index is 0.548. The summed E-state index contributed by atoms with van der Waals surface area (Å²) in [4.78, 5) is 0. The molecular weight excluding hydrogens is 208 g/mol. The monoisotopic (exact) mass is 228 g/mol. The van der Waals surface area contributed by atoms with Gasteiger partial charge in [0.2, 0.25) is 0 Å². The molecule has 1 unspecified atom stereocenters. The molecule has 0 bridgehead atoms. The van der Waals surface area contributed by atoms with Crippen LogP contribution in [0.5, 0.6) is 0 Å². The van der Waals surface area contributed by atoms with Crippen LogP contribution in [0.2, 0.25) is 0 Å². The van der Waals surface area contributed by atoms with Crippen molar-refractivity contribution in [2.45, 2.75) is 33.7 Å². The van der Waals surface area contributed by atoms with Crippen molar-refractivity contribution in [1.82, 2.24) is 5.32 Å². The van der Waals surface area contributed by atoms with Gasteiger partial charge in [-0.1, -0.05) is 19.9 Å². The molecule has 2 rings (SSSR count). The lowest BCUT2D eigenvalue weighted by molar-refractivity contribution is 0.519. The number of benzene rings is 1. The Balaban J connectivity index is 1.85. The summed E-state index contributed by atoms with van der Waals surface area (Å²) >= 11 is 0. The van der Waals surface area contributed by atoms with Crippen molar-refractivity contribution in [3.05, 3.63) is 34.9 Å². The lowest BCUT2D eigenvalue weighted by Gasteiger charge is -2.09. The van der Waals surface area contributed by atoms with Gasteiger partial charge >= 0.3 is 0 Å². The van der Waals surface area contributed by atoms with Crippen LogP contribution in [0, 0.1) is 29.6 Å². The van der Waals surface area contributed by atoms with Crippen molar-refractivity contribution in [1.29, 1.82) is 5.26 Å². The van der Waals surface area contributed by atoms with Gasteiger partial charge in [-0.3, -0.25) is 0 Å². The van der Waals surface area contributed by atoms with E-state index in [0.717, 1.165) is 24.6 Å². The Morgan fingerprint density at radius 1 is 1.47 bits per heavy atom. The van der Waals surface area contributed by atoms with E-state index in [-0.39, 0.29) is 0 Å². The maximum Gasteiger partial charge on any atom is 0.0991 e. The van der Waals surface area contributed by atoms with Crippen molar-refractivity contribution < 1.29 is 0 Å². The molecule has 0 aliphatic heterocycles. The fourth-order valence-electron chi connectivity index (χ4n) is 2.27. The van der Waals surface area contributed by atoms with Gasteiger partial charge < -0.3 is 5.32 Å². The molecule has 1 aliphatic rings. The van der Waals surface area contributed by atoms with Gasteiger partial charge in [-0.05, 0) is 54.5 Å². The zero-order chi connectivity index (χ0) is 12.5. The first kappa shape index (κ1) is 12.1. The van der Waals surface area contributed by atoms with Crippen LogP contribution in [0.25, 0.3) is 0 Å². The average molecular weight is 228 g/mol. The van der Waals surface area contributed by atoms with Crippen LogP contribution in [-0.4, -0.2) is 6.54 Å². The van der Waals surface area contributed by atoms with E-state index in [1.807, 2.05) is 12.1 Å². The third-order valence-electron chi connectivity index (χ3n) is 3.90. The van der Waals surface area contributed by atoms with Gasteiger partial charge in [0, 0.05) is 6.54 Å². The highest BCUT2D eigenvalue weighted by Gasteiger charge is 2.44. The van der Waals surface area contributed by atoms with E-state index < -0.39 is 0 Å². The number of hydrogen-bond donors (Lipinski definition) is 1. The topological polar surface area (TPSA) is 35.8 Å². The highest BCUT2D eigenvalue weighted by molar-refractivity contribution is 5.37. The lowest BCUT2D eigenvalue weighted by Crippen LogP contribution is -2.18. The summed E-state index contributed by atoms with van der Waals surface area (Å²) in [6.45, 7) is 8.73. The molecule has 17 heavy (non-hydrogen) atoms. The minimum absolute atomic E-state index is 0.548. The van der Waals surface area contributed by atoms with Gasteiger partial charge in [-0.2, -0.15) is 5.26 Å². The molecule has 1 atom stereocenters. The van der Waals surface area contributed by atoms with Gasteiger partial charge in [0.05, 0.1) is 11.6 Å². The summed E-state index contributed by atoms with van der Waals surface area (Å²) in [5.41, 5.74) is 3.79. The van der Waals surface area contributed by atoms with E-state index in [4.69, 9.17) is 5.26 Å². The molecule has 0 spiro atoms. The molecule has 1 saturated carbocycles. The first-order valence-electron chi connectivity index (χ1n) is 6.23. The van der Waals surface area contributed by atoms with Gasteiger partial charge in [0.15, 0.2) is 0 Å². The highest BCUT2D eigenvalue weighted by Crippen LogP contribution is 2.50. The summed E-state index contributed by atoms with van der Waals surface area (Å²) in [5.74, 6) is 0.834. The van der Waals surface area contributed by atoms with E-state index in [1.54, 1.807) is 0 Å². The second-order valence-corrected chi connectivity index (χ2v) is 5.77. The largest absolute Gasteiger partial charge is 0.312 e. The molecule has 0 aromatic heterocycles. The lowest BCUT2D eigenvalue weighted by atomic mass is 10.1. The quantitative estimate of drug-likeness (QED) is 0.860. The molecule has 1 N–H and O–H groups in total. The fraction of sp³-hybridized carbons (Fsp3) is 0.533. The second kappa shape index (κ2) is 4.50. The molecule has 2 heteroatoms. The molecule has 2 nitrogen and oxygen atoms in total. The van der Waals surface area contributed by atoms with Crippen molar-refractivity contribution in [2.24, 2.45) is 11.3 Å². The van der Waals surface area contributed by atoms with E-state index in [0.29, 0.717) is 5.41 Å². The van der Waals surface area contributed by atoms with E-state index in [9.17, 15) is 0 Å². The maximum atomic E-state index is 8.80. The van der Waals surface area contributed by atoms with Crippen LogP contribution in [-0.2, 0) is 6.54 Å². The standard InChI is InChI=1S/C15H20N2/c1-11-6-12(8-16)4-5-13(11)9-17-10-14-7-15(14,2)3/h4-6,14,17H,7,9-10H2,1-3H3. The first-order chi connectivity index (χ1) is 8.03. The van der Waals surface area contributed by atoms with Crippen LogP contribution in [0.3, 0.4) is 0 Å². The van der Waals surface area contributed by atoms with Gasteiger partial charge in [0.1, 0.15) is 0 Å². The Labute approximate surface area is 104 Å². The summed E-state index contributed by atoms with van der Waals surface area (Å²) in [6, 6.07) is 8.07. The third kappa shape index (κ3) is 2.87. The Hall–Kier alpha value is -1.33. The van der Waals surface area contributed by atoms with Gasteiger partial charge in [-0.25, -0.2) is 0 Å². The molecule has 90 valence electrons. The van der Waals surface area contributed by atoms with Crippen molar-refractivity contribution >= 4 is 0 Å². The Morgan fingerprint density at radius 2 is 2.18 bits per heavy atom. The number of nitriles is 1. The summed E-state index contributed by atoms with van der Waals surface area (Å²) in [5, 5.41) is 12.3. The van der Waals surface area contributed by atoms with Crippen molar-refractivity contribution in [2.75, 3.05) is 6.54 Å². The average Bonchev–Trinajstić information content (AvgIpc) is 2.89. The predicted octanol–water partition coefficient (Wildman–Crippen LogP) is 3.00. The number of aryl methyl sites for hydroxylation is 1. The Kier molecular flexibility index (Phi) is 3.22. The van der Waals surface area contributed by atoms with Crippen LogP contribution in [0.4, 0.5) is 0 Å². The van der Waals surface area contributed by atoms with Crippen LogP contribution in [0.15, 0.2) is 18.2 Å². The SMILES string of the molecule is Cc1cc(C#N)ccc1CNCC1CC1(C)C. The fourth-order valence-corrected chi connectivity index (χ4v) is 2.27. The van der Waals surface area contributed by atoms with Crippen LogP contribution >= 0.6 is 0 Å². The molecule has 0 heterocycles. The summed E-state index contributed by atoms with van der Waals surface area (Å²) in [7, 11) is 0. The normalized spacial score (nSPS) is 20.9. The molecule has 0 amide bonds. The van der Waals surface area contributed by atoms with Crippen LogP contribution < -0.4 is 5.32 Å². The number of rotatable bonds is 4. The van der Waals surface area contributed by atoms with E-state index >= 15 is 0 Å². The summed E-state index contributed by atoms with van der Waals surface area (Å²) < 4.78 is 0. The number of nitrogens with zero attached hydrogens (tertiary/aromatic N) is 1. The van der Waals surface area contributed by atoms with Gasteiger partial charge in [0.25, 0.3) is 0 Å². The minimum Gasteiger partial charge on any atom is -0.312 e. The zero-order valence-corrected chi connectivity index (χ0v) is 10.9. The van der Waals surface area contributed by atoms with E-state index in [2.05, 4.69) is 38.2 Å². The molecule has 1 aliphatic carbocycles. The molecule has 0 saturated heterocycles. The molecule has 0 radical (unpaired) electrons. The predicted molar refractivity (Wildman–Crippen MR) is 69.5 cm³/mol. The Bertz CT molecular complexity index is 454. The second-order valence-electron chi connectivity index (χ2n) is 5.77. The van der Waals surface area contributed by atoms with Crippen molar-refractivity contribution in [3.8, 4) is 6.07 Å². The molecule has 1 aromatic rings. The number of hydrogen-bond acceptors (Lipinski definition) is 2. The maximum absolute atomic E-state index is 8.80. The number of nitrogens with one attached hydrogen (secondary N) is 1. The molecule has 1 fully saturated rings. The highest BCUT2D eigenvalue weighted by atomic mass is 14.9. The Morgan fingerprint density at radius 3 is 2.71 bits per heavy atom. The third-order valence-corrected chi connectivity index (χ3v) is 3.90. The van der Waals surface area contributed by atoms with E-state index in [1.165, 1.54) is 17.5 Å². The van der Waals surface area contributed by atoms with Crippen LogP contribution in [0.1, 0.15) is 37.0 Å². The van der Waals surface area contributed by atoms with Gasteiger partial charge in [-0.15, -0.1) is 0 Å². The zero-order valence-electron chi connectivity index (χ0n) is 10.9. The first-order valence-corrected chi connectivity index (χ1v) is 6.23.